The molecule has 19 nitrogen and oxygen atoms in total. The summed E-state index contributed by atoms with van der Waals surface area (Å²) in [5.41, 5.74) is 19.1. The fourth-order valence-electron chi connectivity index (χ4n) is 9.87. The second kappa shape index (κ2) is 43.4. The number of carbonyl (C=O) groups excluding carboxylic acids is 5. The molecule has 1 atom stereocenters. The largest absolute Gasteiger partial charge is 1.00 e. The number of nitrogens with two attached hydrogens (primary N) is 1. The molecule has 0 bridgehead atoms. The van der Waals surface area contributed by atoms with Gasteiger partial charge in [-0.15, -0.1) is 11.6 Å². The fraction of sp³-hybridized carbons (Fsp3) is 0.197. The molecule has 98 heavy (non-hydrogen) atoms. The number of aryl methyl sites for hydroxylation is 6. The molecule has 22 heteroatoms. The second-order valence-electron chi connectivity index (χ2n) is 21.5. The van der Waals surface area contributed by atoms with Crippen LogP contribution in [0.5, 0.6) is 34.5 Å². The summed E-state index contributed by atoms with van der Waals surface area (Å²) in [7, 11) is 4.84. The third kappa shape index (κ3) is 24.5. The quantitative estimate of drug-likeness (QED) is 0.0147. The van der Waals surface area contributed by atoms with Crippen LogP contribution in [0.4, 0.5) is 11.4 Å². The Balaban J connectivity index is 0.000000341. The summed E-state index contributed by atoms with van der Waals surface area (Å²) in [5, 5.41) is 23.9. The van der Waals surface area contributed by atoms with Gasteiger partial charge < -0.3 is 70.5 Å². The van der Waals surface area contributed by atoms with E-state index in [-0.39, 0.29) is 129 Å². The number of nitrogens with one attached hydrogen (secondary N) is 2. The standard InChI is InChI=1S/C29H28N2O4.C17H18O3.C12H12N2O2.C9H9ClO2.C8H10O.CH2O3.2K.H/c1-19-8-6-9-20(2)27(19)35-18-22-16-21(13-14-26(22)33-3)28-30-25-12-5-4-11-24(25)29(32)31(28)17-23-10-7-15-34-23;1-12-5-4-6-13(2)17(12)20-11-15-9-14(10-18)7-8-16(15)19-3;13-11-6-2-1-5-10(11)12(15)14-8-9-4-3-7-16-9;1-12-9-3-2-7(6-11)4-8(9)5-10;1-6-4-3-5-7(2)8(6)9;2-1-4-3;;;/h4-16,28,30H,17-18H2,1-3H3;4-10H,11H2,1-3H3;1-7H,8,13H2,(H,14,15);2-4,6H,5H2,1H3;3-5,9H,1-2H3;1,3H;;;/q;;;;;;2*+1;-1/p-1. The van der Waals surface area contributed by atoms with Crippen molar-refractivity contribution < 1.29 is 176 Å². The number of furan rings is 2. The van der Waals surface area contributed by atoms with Crippen LogP contribution in [0.1, 0.15) is 116 Å². The Labute approximate surface area is 663 Å². The minimum Gasteiger partial charge on any atom is -1.00 e. The van der Waals surface area contributed by atoms with Gasteiger partial charge in [0.1, 0.15) is 78.0 Å². The van der Waals surface area contributed by atoms with E-state index in [4.69, 9.17) is 59.9 Å². The monoisotopic (exact) mass is 1400 g/mol. The molecule has 2 aromatic heterocycles. The maximum atomic E-state index is 13.5. The number of phenolic OH excluding ortho intramolecular Hbond substituents is 1. The maximum absolute atomic E-state index is 13.5. The van der Waals surface area contributed by atoms with Crippen molar-refractivity contribution in [2.24, 2.45) is 0 Å². The van der Waals surface area contributed by atoms with Gasteiger partial charge in [-0.05, 0) is 178 Å². The molecular weight excluding hydrogens is 1320 g/mol. The molecule has 10 aromatic rings. The summed E-state index contributed by atoms with van der Waals surface area (Å²) in [6, 6.07) is 56.1. The van der Waals surface area contributed by atoms with E-state index in [1.54, 1.807) is 112 Å². The number of hydrogen-bond donors (Lipinski definition) is 4. The van der Waals surface area contributed by atoms with Gasteiger partial charge in [0.05, 0.1) is 64.0 Å². The molecule has 0 aliphatic carbocycles. The van der Waals surface area contributed by atoms with Gasteiger partial charge in [-0.3, -0.25) is 24.0 Å². The van der Waals surface area contributed by atoms with Gasteiger partial charge in [0.15, 0.2) is 0 Å². The van der Waals surface area contributed by atoms with Crippen molar-refractivity contribution >= 4 is 53.8 Å². The molecule has 0 saturated carbocycles. The van der Waals surface area contributed by atoms with Crippen LogP contribution >= 0.6 is 11.6 Å². The summed E-state index contributed by atoms with van der Waals surface area (Å²) in [6.07, 6.45) is 4.42. The van der Waals surface area contributed by atoms with Crippen LogP contribution in [0.2, 0.25) is 0 Å². The molecular formula is C76H79ClK2N4O15. The van der Waals surface area contributed by atoms with Gasteiger partial charge >= 0.3 is 103 Å². The van der Waals surface area contributed by atoms with Crippen molar-refractivity contribution in [3.05, 3.63) is 284 Å². The predicted molar refractivity (Wildman–Crippen MR) is 368 cm³/mol. The van der Waals surface area contributed by atoms with Crippen LogP contribution in [0, 0.1) is 41.5 Å². The second-order valence-corrected chi connectivity index (χ2v) is 21.8. The number of ether oxygens (including phenoxy) is 5. The van der Waals surface area contributed by atoms with Gasteiger partial charge in [0.2, 0.25) is 0 Å². The van der Waals surface area contributed by atoms with E-state index < -0.39 is 0 Å². The Morgan fingerprint density at radius 3 is 1.54 bits per heavy atom. The molecule has 2 amide bonds. The number of hydrogen-bond acceptors (Lipinski definition) is 17. The first-order valence-corrected chi connectivity index (χ1v) is 30.6. The maximum Gasteiger partial charge on any atom is 1.00 e. The topological polar surface area (TPSA) is 264 Å². The first-order valence-electron chi connectivity index (χ1n) is 30.1. The summed E-state index contributed by atoms with van der Waals surface area (Å²) in [6.45, 7) is 13.1. The number of aromatic hydroxyl groups is 1. The van der Waals surface area contributed by atoms with Crippen molar-refractivity contribution in [2.45, 2.75) is 79.9 Å². The Bertz CT molecular complexity index is 4100. The molecule has 11 rings (SSSR count). The number of para-hydroxylation sites is 5. The van der Waals surface area contributed by atoms with Crippen LogP contribution in [-0.4, -0.2) is 62.2 Å². The van der Waals surface area contributed by atoms with E-state index >= 15 is 0 Å². The van der Waals surface area contributed by atoms with Gasteiger partial charge in [0, 0.05) is 39.2 Å². The Hall–Kier alpha value is -8.01. The molecule has 1 aliphatic heterocycles. The first-order chi connectivity index (χ1) is 46.4. The Morgan fingerprint density at radius 2 is 1.07 bits per heavy atom. The van der Waals surface area contributed by atoms with Crippen molar-refractivity contribution in [3.8, 4) is 34.5 Å². The molecule has 1 aliphatic rings. The molecule has 0 spiro atoms. The van der Waals surface area contributed by atoms with E-state index in [0.717, 1.165) is 108 Å². The number of rotatable bonds is 19. The zero-order chi connectivity index (χ0) is 69.5. The molecule has 0 saturated heterocycles. The van der Waals surface area contributed by atoms with E-state index in [2.05, 4.69) is 15.5 Å². The number of alkyl halides is 1. The summed E-state index contributed by atoms with van der Waals surface area (Å²) < 4.78 is 38.8. The van der Waals surface area contributed by atoms with Crippen LogP contribution in [0.25, 0.3) is 0 Å². The van der Waals surface area contributed by atoms with Crippen molar-refractivity contribution in [3.63, 3.8) is 0 Å². The molecule has 502 valence electrons. The van der Waals surface area contributed by atoms with Crippen molar-refractivity contribution in [1.29, 1.82) is 0 Å². The number of aldehydes is 2. The summed E-state index contributed by atoms with van der Waals surface area (Å²) in [5.74, 6) is 5.88. The zero-order valence-electron chi connectivity index (χ0n) is 57.9. The molecule has 5 N–H and O–H groups in total. The normalized spacial score (nSPS) is 11.3. The van der Waals surface area contributed by atoms with Crippen molar-refractivity contribution in [2.75, 3.05) is 32.4 Å². The van der Waals surface area contributed by atoms with Crippen LogP contribution in [-0.2, 0) is 41.9 Å². The van der Waals surface area contributed by atoms with Crippen LogP contribution in [0.15, 0.2) is 203 Å². The van der Waals surface area contributed by atoms with E-state index in [0.29, 0.717) is 71.6 Å². The van der Waals surface area contributed by atoms with Gasteiger partial charge in [-0.25, -0.2) is 0 Å². The number of halogens is 1. The minimum atomic E-state index is -0.382. The number of anilines is 2. The number of fused-ring (bicyclic) bond motifs is 1. The van der Waals surface area contributed by atoms with Crippen molar-refractivity contribution in [1.82, 2.24) is 10.2 Å². The van der Waals surface area contributed by atoms with Gasteiger partial charge in [0.25, 0.3) is 18.3 Å². The Morgan fingerprint density at radius 1 is 0.612 bits per heavy atom. The number of phenols is 1. The number of methoxy groups -OCH3 is 3. The van der Waals surface area contributed by atoms with E-state index in [9.17, 15) is 24.3 Å². The first kappa shape index (κ1) is 82.4. The summed E-state index contributed by atoms with van der Waals surface area (Å²) in [4.78, 5) is 59.5. The third-order valence-electron chi connectivity index (χ3n) is 14.8. The molecule has 8 aromatic carbocycles. The number of benzene rings is 8. The number of nitrogen functional groups attached to an aromatic ring is 1. The average Bonchev–Trinajstić information content (AvgIpc) is 1.43. The Kier molecular flexibility index (Phi) is 36.5. The molecule has 1 unspecified atom stereocenters. The molecule has 0 fully saturated rings. The smallest absolute Gasteiger partial charge is 1.00 e. The minimum absolute atomic E-state index is 0. The zero-order valence-corrected chi connectivity index (χ0v) is 63.9. The molecule has 3 heterocycles. The number of nitrogens with zero attached hydrogens (tertiary/aromatic N) is 1. The van der Waals surface area contributed by atoms with E-state index in [1.165, 1.54) is 0 Å². The van der Waals surface area contributed by atoms with Crippen LogP contribution in [0.3, 0.4) is 0 Å². The number of carbonyl (C=O) groups is 5. The summed E-state index contributed by atoms with van der Waals surface area (Å²) >= 11 is 5.64. The third-order valence-corrected chi connectivity index (χ3v) is 15.1. The average molecular weight is 1400 g/mol. The van der Waals surface area contributed by atoms with Gasteiger partial charge in [-0.1, -0.05) is 84.9 Å². The van der Waals surface area contributed by atoms with Crippen LogP contribution < -0.4 is 148 Å². The predicted octanol–water partition coefficient (Wildman–Crippen LogP) is 8.56. The molecule has 0 radical (unpaired) electrons. The fourth-order valence-corrected chi connectivity index (χ4v) is 10.1. The van der Waals surface area contributed by atoms with E-state index in [1.807, 2.05) is 151 Å². The SMILES string of the molecule is COc1ccc(C2Nc3ccccc3C(=O)N2Cc2ccco2)cc1COc1c(C)cccc1C.COc1ccc(C=O)cc1CCl.COc1ccc(C=O)cc1COc1c(C)cccc1C.Cc1cccc(C)c1O.Nc1ccccc1C(=O)NCc1ccco1.O=CO[O-].[H-].[K+].[K+]. The number of amides is 2. The van der Waals surface area contributed by atoms with Gasteiger partial charge in [-0.2, -0.15) is 0 Å².